The van der Waals surface area contributed by atoms with E-state index in [9.17, 15) is 4.79 Å². The molecule has 4 nitrogen and oxygen atoms in total. The van der Waals surface area contributed by atoms with Gasteiger partial charge in [0.2, 0.25) is 11.8 Å². The molecule has 1 aromatic carbocycles. The number of rotatable bonds is 3. The van der Waals surface area contributed by atoms with Crippen molar-refractivity contribution in [1.82, 2.24) is 4.37 Å². The molecule has 1 heterocycles. The van der Waals surface area contributed by atoms with Crippen LogP contribution in [-0.2, 0) is 4.79 Å². The number of alkyl halides is 1. The number of anilines is 1. The first-order valence-corrected chi connectivity index (χ1v) is 5.85. The fourth-order valence-electron chi connectivity index (χ4n) is 1.37. The summed E-state index contributed by atoms with van der Waals surface area (Å²) in [5, 5.41) is 3.60. The smallest absolute Gasteiger partial charge is 0.239 e. The number of hydrogen-bond donors (Lipinski definition) is 1. The molecule has 1 N–H and O–H groups in total. The minimum Gasteiger partial charge on any atom is -0.480 e. The molecule has 2 rings (SSSR count). The summed E-state index contributed by atoms with van der Waals surface area (Å²) in [6.45, 7) is 0. The molecule has 0 fully saturated rings. The standard InChI is InChI=1S/C10H9ClN2O2S/c1-15-10-6-3-2-4-7(9(6)16-13-10)12-8(14)5-11/h2-4H,5H2,1H3,(H,12,14). The van der Waals surface area contributed by atoms with Crippen molar-refractivity contribution in [3.63, 3.8) is 0 Å². The molecule has 0 aliphatic rings. The fraction of sp³-hybridized carbons (Fsp3) is 0.200. The van der Waals surface area contributed by atoms with Gasteiger partial charge in [0.25, 0.3) is 0 Å². The van der Waals surface area contributed by atoms with E-state index >= 15 is 0 Å². The number of methoxy groups -OCH3 is 1. The van der Waals surface area contributed by atoms with Crippen LogP contribution in [0.25, 0.3) is 10.1 Å². The molecule has 1 aromatic heterocycles. The number of nitrogens with one attached hydrogen (secondary N) is 1. The largest absolute Gasteiger partial charge is 0.480 e. The highest BCUT2D eigenvalue weighted by Crippen LogP contribution is 2.33. The average molecular weight is 257 g/mol. The van der Waals surface area contributed by atoms with Gasteiger partial charge in [0.05, 0.1) is 22.9 Å². The number of carbonyl (C=O) groups is 1. The fourth-order valence-corrected chi connectivity index (χ4v) is 2.25. The highest BCUT2D eigenvalue weighted by atomic mass is 35.5. The van der Waals surface area contributed by atoms with Gasteiger partial charge in [-0.15, -0.1) is 11.6 Å². The zero-order chi connectivity index (χ0) is 11.5. The summed E-state index contributed by atoms with van der Waals surface area (Å²) in [4.78, 5) is 11.2. The predicted molar refractivity (Wildman–Crippen MR) is 65.5 cm³/mol. The van der Waals surface area contributed by atoms with E-state index in [0.717, 1.165) is 10.1 Å². The SMILES string of the molecule is COc1nsc2c(NC(=O)CCl)cccc12. The zero-order valence-corrected chi connectivity index (χ0v) is 10.1. The van der Waals surface area contributed by atoms with Crippen molar-refractivity contribution in [2.24, 2.45) is 0 Å². The first-order valence-electron chi connectivity index (χ1n) is 4.54. The van der Waals surface area contributed by atoms with Crippen LogP contribution in [0.2, 0.25) is 0 Å². The molecule has 0 unspecified atom stereocenters. The molecule has 0 saturated carbocycles. The monoisotopic (exact) mass is 256 g/mol. The lowest BCUT2D eigenvalue weighted by molar-refractivity contribution is -0.113. The van der Waals surface area contributed by atoms with Crippen LogP contribution >= 0.6 is 23.1 Å². The van der Waals surface area contributed by atoms with Crippen LogP contribution in [0.5, 0.6) is 5.88 Å². The highest BCUT2D eigenvalue weighted by molar-refractivity contribution is 7.14. The van der Waals surface area contributed by atoms with Gasteiger partial charge in [-0.1, -0.05) is 6.07 Å². The number of amides is 1. The quantitative estimate of drug-likeness (QED) is 0.859. The van der Waals surface area contributed by atoms with Crippen LogP contribution in [0.15, 0.2) is 18.2 Å². The predicted octanol–water partition coefficient (Wildman–Crippen LogP) is 2.48. The Kier molecular flexibility index (Phi) is 3.26. The Balaban J connectivity index is 2.46. The van der Waals surface area contributed by atoms with Crippen molar-refractivity contribution in [2.75, 3.05) is 18.3 Å². The Morgan fingerprint density at radius 1 is 1.62 bits per heavy atom. The molecule has 0 saturated heterocycles. The van der Waals surface area contributed by atoms with E-state index in [0.29, 0.717) is 11.6 Å². The molecule has 0 spiro atoms. The van der Waals surface area contributed by atoms with E-state index in [1.807, 2.05) is 18.2 Å². The van der Waals surface area contributed by atoms with Crippen LogP contribution in [0.1, 0.15) is 0 Å². The van der Waals surface area contributed by atoms with Crippen molar-refractivity contribution >= 4 is 44.8 Å². The maximum absolute atomic E-state index is 11.2. The number of aromatic nitrogens is 1. The van der Waals surface area contributed by atoms with E-state index < -0.39 is 0 Å². The summed E-state index contributed by atoms with van der Waals surface area (Å²) in [5.41, 5.74) is 0.712. The van der Waals surface area contributed by atoms with Crippen LogP contribution < -0.4 is 10.1 Å². The third-order valence-corrected chi connectivity index (χ3v) is 3.18. The maximum atomic E-state index is 11.2. The molecule has 6 heteroatoms. The number of benzene rings is 1. The van der Waals surface area contributed by atoms with Gasteiger partial charge in [-0.3, -0.25) is 4.79 Å². The van der Waals surface area contributed by atoms with Crippen molar-refractivity contribution in [1.29, 1.82) is 0 Å². The number of nitrogens with zero attached hydrogens (tertiary/aromatic N) is 1. The summed E-state index contributed by atoms with van der Waals surface area (Å²) in [6, 6.07) is 5.54. The molecular formula is C10H9ClN2O2S. The summed E-state index contributed by atoms with van der Waals surface area (Å²) in [7, 11) is 1.57. The lowest BCUT2D eigenvalue weighted by Gasteiger charge is -2.03. The van der Waals surface area contributed by atoms with Crippen molar-refractivity contribution in [2.45, 2.75) is 0 Å². The number of carbonyl (C=O) groups excluding carboxylic acids is 1. The minimum absolute atomic E-state index is 0.0632. The van der Waals surface area contributed by atoms with Gasteiger partial charge in [0.15, 0.2) is 0 Å². The molecule has 0 aliphatic heterocycles. The Bertz CT molecular complexity index is 527. The van der Waals surface area contributed by atoms with Crippen LogP contribution in [0.3, 0.4) is 0 Å². The lowest BCUT2D eigenvalue weighted by atomic mass is 10.2. The molecule has 1 amide bonds. The van der Waals surface area contributed by atoms with Crippen LogP contribution in [0, 0.1) is 0 Å². The van der Waals surface area contributed by atoms with Gasteiger partial charge in [-0.2, -0.15) is 4.37 Å². The first-order chi connectivity index (χ1) is 7.76. The van der Waals surface area contributed by atoms with Gasteiger partial charge in [-0.25, -0.2) is 0 Å². The summed E-state index contributed by atoms with van der Waals surface area (Å²) in [5.74, 6) is 0.273. The first kappa shape index (κ1) is 11.2. The van der Waals surface area contributed by atoms with Gasteiger partial charge < -0.3 is 10.1 Å². The third kappa shape index (κ3) is 1.96. The Labute approximate surface area is 101 Å². The van der Waals surface area contributed by atoms with Gasteiger partial charge in [0, 0.05) is 0 Å². The number of ether oxygens (including phenoxy) is 1. The molecule has 2 aromatic rings. The number of hydrogen-bond acceptors (Lipinski definition) is 4. The highest BCUT2D eigenvalue weighted by Gasteiger charge is 2.11. The molecular weight excluding hydrogens is 248 g/mol. The number of halogens is 1. The normalized spacial score (nSPS) is 10.4. The van der Waals surface area contributed by atoms with Gasteiger partial charge >= 0.3 is 0 Å². The summed E-state index contributed by atoms with van der Waals surface area (Å²) in [6.07, 6.45) is 0. The second-order valence-corrected chi connectivity index (χ2v) is 4.10. The average Bonchev–Trinajstić information content (AvgIpc) is 2.73. The van der Waals surface area contributed by atoms with Gasteiger partial charge in [0.1, 0.15) is 5.88 Å². The molecule has 84 valence electrons. The van der Waals surface area contributed by atoms with Crippen LogP contribution in [-0.4, -0.2) is 23.3 Å². The minimum atomic E-state index is -0.235. The zero-order valence-electron chi connectivity index (χ0n) is 8.49. The van der Waals surface area contributed by atoms with E-state index in [-0.39, 0.29) is 11.8 Å². The van der Waals surface area contributed by atoms with Crippen LogP contribution in [0.4, 0.5) is 5.69 Å². The molecule has 0 atom stereocenters. The van der Waals surface area contributed by atoms with E-state index in [4.69, 9.17) is 16.3 Å². The maximum Gasteiger partial charge on any atom is 0.239 e. The number of fused-ring (bicyclic) bond motifs is 1. The van der Waals surface area contributed by atoms with Crippen molar-refractivity contribution in [3.05, 3.63) is 18.2 Å². The van der Waals surface area contributed by atoms with E-state index in [1.54, 1.807) is 7.11 Å². The third-order valence-electron chi connectivity index (χ3n) is 2.05. The molecule has 0 bridgehead atoms. The molecule has 0 aliphatic carbocycles. The van der Waals surface area contributed by atoms with Crippen molar-refractivity contribution in [3.8, 4) is 5.88 Å². The molecule has 16 heavy (non-hydrogen) atoms. The topological polar surface area (TPSA) is 51.2 Å². The van der Waals surface area contributed by atoms with Crippen molar-refractivity contribution < 1.29 is 9.53 Å². The molecule has 0 radical (unpaired) electrons. The second kappa shape index (κ2) is 4.67. The Hall–Kier alpha value is -1.33. The lowest BCUT2D eigenvalue weighted by Crippen LogP contribution is -2.12. The van der Waals surface area contributed by atoms with E-state index in [2.05, 4.69) is 9.69 Å². The Morgan fingerprint density at radius 3 is 3.12 bits per heavy atom. The summed E-state index contributed by atoms with van der Waals surface area (Å²) >= 11 is 6.72. The Morgan fingerprint density at radius 2 is 2.44 bits per heavy atom. The van der Waals surface area contributed by atoms with E-state index in [1.165, 1.54) is 11.5 Å². The second-order valence-electron chi connectivity index (χ2n) is 3.06. The van der Waals surface area contributed by atoms with Gasteiger partial charge in [-0.05, 0) is 23.7 Å². The summed E-state index contributed by atoms with van der Waals surface area (Å²) < 4.78 is 10.1.